The van der Waals surface area contributed by atoms with Gasteiger partial charge in [-0.1, -0.05) is 89.3 Å². The Morgan fingerprint density at radius 2 is 1.68 bits per heavy atom. The van der Waals surface area contributed by atoms with Crippen molar-refractivity contribution in [3.05, 3.63) is 71.3 Å². The Bertz CT molecular complexity index is 1670. The number of hydroxylamine groups is 2. The van der Waals surface area contributed by atoms with Gasteiger partial charge in [0.15, 0.2) is 0 Å². The number of hydrogen-bond acceptors (Lipinski definition) is 6. The molecule has 6 aliphatic carbocycles. The first-order chi connectivity index (χ1) is 26.6. The minimum Gasteiger partial charge on any atom is -0.460 e. The number of nitrogens with one attached hydrogen (secondary N) is 2. The van der Waals surface area contributed by atoms with Crippen LogP contribution in [0.4, 0.5) is 4.39 Å². The van der Waals surface area contributed by atoms with E-state index in [2.05, 4.69) is 70.9 Å². The Labute approximate surface area is 338 Å². The lowest BCUT2D eigenvalue weighted by Crippen LogP contribution is -2.68. The SMILES string of the molecule is C=C(C)[C@@H]1CC[C@]2(NCCNCCN(C)O)CC[C@]3(C)[C@H](CC[C@@H]4[C@@]5(C)CC=C(C6=CC[C@](CF)(C(=O)OCc7ccccc7)CC6)C(C)(C)[C@@H]5CC[C@]43C)[C@@H]12. The highest BCUT2D eigenvalue weighted by Crippen LogP contribution is 2.76. The van der Waals surface area contributed by atoms with Gasteiger partial charge in [0.2, 0.25) is 0 Å². The first-order valence-electron chi connectivity index (χ1n) is 22.3. The number of halogens is 1. The molecule has 0 aromatic heterocycles. The Balaban J connectivity index is 1.09. The van der Waals surface area contributed by atoms with Crippen LogP contribution < -0.4 is 10.6 Å². The van der Waals surface area contributed by atoms with Crippen LogP contribution in [-0.2, 0) is 16.1 Å². The van der Waals surface area contributed by atoms with Crippen molar-refractivity contribution in [1.29, 1.82) is 0 Å². The van der Waals surface area contributed by atoms with Gasteiger partial charge in [0, 0.05) is 38.8 Å². The summed E-state index contributed by atoms with van der Waals surface area (Å²) in [6, 6.07) is 9.69. The Kier molecular flexibility index (Phi) is 11.7. The molecular formula is C49H74FN3O3. The first-order valence-corrected chi connectivity index (χ1v) is 22.3. The molecule has 0 heterocycles. The van der Waals surface area contributed by atoms with Crippen molar-refractivity contribution in [2.75, 3.05) is 39.9 Å². The lowest BCUT2D eigenvalue weighted by atomic mass is 9.33. The number of nitrogens with zero attached hydrogens (tertiary/aromatic N) is 1. The predicted molar refractivity (Wildman–Crippen MR) is 225 cm³/mol. The zero-order valence-electron chi connectivity index (χ0n) is 36.0. The molecule has 0 saturated heterocycles. The van der Waals surface area contributed by atoms with Gasteiger partial charge >= 0.3 is 5.97 Å². The molecule has 6 aliphatic rings. The van der Waals surface area contributed by atoms with Gasteiger partial charge in [0.25, 0.3) is 0 Å². The van der Waals surface area contributed by atoms with E-state index in [0.29, 0.717) is 49.0 Å². The Morgan fingerprint density at radius 3 is 2.36 bits per heavy atom. The van der Waals surface area contributed by atoms with Crippen molar-refractivity contribution in [1.82, 2.24) is 15.7 Å². The first kappa shape index (κ1) is 41.8. The number of benzene rings is 1. The maximum atomic E-state index is 14.8. The van der Waals surface area contributed by atoms with Crippen LogP contribution in [0.25, 0.3) is 0 Å². The van der Waals surface area contributed by atoms with Crippen molar-refractivity contribution in [3.8, 4) is 0 Å². The molecule has 0 radical (unpaired) electrons. The molecule has 0 bridgehead atoms. The fourth-order valence-electron chi connectivity index (χ4n) is 14.7. The molecule has 3 N–H and O–H groups in total. The molecule has 0 spiro atoms. The number of likely N-dealkylation sites (N-methyl/N-ethyl adjacent to an activating group) is 1. The van der Waals surface area contributed by atoms with Crippen LogP contribution in [0.2, 0.25) is 0 Å². The van der Waals surface area contributed by atoms with E-state index in [0.717, 1.165) is 38.0 Å². The van der Waals surface area contributed by atoms with Gasteiger partial charge in [0.05, 0.1) is 5.41 Å². The summed E-state index contributed by atoms with van der Waals surface area (Å²) in [5.41, 5.74) is 4.98. The number of esters is 1. The molecule has 4 saturated carbocycles. The summed E-state index contributed by atoms with van der Waals surface area (Å²) in [7, 11) is 1.70. The second-order valence-electron chi connectivity index (χ2n) is 20.9. The number of fused-ring (bicyclic) bond motifs is 7. The van der Waals surface area contributed by atoms with E-state index in [-0.39, 0.29) is 33.8 Å². The monoisotopic (exact) mass is 772 g/mol. The lowest BCUT2D eigenvalue weighted by Gasteiger charge is -2.72. The highest BCUT2D eigenvalue weighted by Gasteiger charge is 2.70. The van der Waals surface area contributed by atoms with Gasteiger partial charge in [-0.3, -0.25) is 4.79 Å². The van der Waals surface area contributed by atoms with E-state index in [1.165, 1.54) is 73.1 Å². The van der Waals surface area contributed by atoms with E-state index in [9.17, 15) is 14.4 Å². The van der Waals surface area contributed by atoms with E-state index in [1.54, 1.807) is 7.05 Å². The zero-order valence-corrected chi connectivity index (χ0v) is 36.0. The molecule has 10 atom stereocenters. The number of hydrogen-bond donors (Lipinski definition) is 3. The molecule has 56 heavy (non-hydrogen) atoms. The average molecular weight is 772 g/mol. The van der Waals surface area contributed by atoms with Crippen LogP contribution in [0.5, 0.6) is 0 Å². The maximum absolute atomic E-state index is 14.8. The summed E-state index contributed by atoms with van der Waals surface area (Å²) in [5, 5.41) is 18.5. The fourth-order valence-corrected chi connectivity index (χ4v) is 14.7. The largest absolute Gasteiger partial charge is 0.460 e. The second kappa shape index (κ2) is 15.7. The van der Waals surface area contributed by atoms with Crippen molar-refractivity contribution in [2.24, 2.45) is 56.7 Å². The molecule has 1 aromatic carbocycles. The summed E-state index contributed by atoms with van der Waals surface area (Å²) < 4.78 is 20.5. The van der Waals surface area contributed by atoms with Gasteiger partial charge in [-0.25, -0.2) is 4.39 Å². The molecule has 6 nitrogen and oxygen atoms in total. The van der Waals surface area contributed by atoms with Gasteiger partial charge in [-0.15, -0.1) is 0 Å². The third kappa shape index (κ3) is 6.90. The fraction of sp³-hybridized carbons (Fsp3) is 0.735. The third-order valence-electron chi connectivity index (χ3n) is 17.9. The van der Waals surface area contributed by atoms with Gasteiger partial charge in [-0.2, -0.15) is 5.06 Å². The Morgan fingerprint density at radius 1 is 0.911 bits per heavy atom. The zero-order chi connectivity index (χ0) is 40.1. The molecule has 0 amide bonds. The smallest absolute Gasteiger partial charge is 0.315 e. The molecule has 7 heteroatoms. The summed E-state index contributed by atoms with van der Waals surface area (Å²) in [6.45, 7) is 22.8. The molecule has 0 unspecified atom stereocenters. The van der Waals surface area contributed by atoms with Crippen LogP contribution in [-0.4, -0.2) is 61.7 Å². The van der Waals surface area contributed by atoms with Crippen LogP contribution in [0.3, 0.4) is 0 Å². The van der Waals surface area contributed by atoms with Gasteiger partial charge < -0.3 is 20.6 Å². The van der Waals surface area contributed by atoms with E-state index in [1.807, 2.05) is 30.3 Å². The van der Waals surface area contributed by atoms with Crippen molar-refractivity contribution < 1.29 is 19.1 Å². The number of rotatable bonds is 13. The molecule has 4 fully saturated rings. The molecule has 310 valence electrons. The lowest BCUT2D eigenvalue weighted by molar-refractivity contribution is -0.221. The summed E-state index contributed by atoms with van der Waals surface area (Å²) in [6.07, 6.45) is 17.7. The number of allylic oxidation sites excluding steroid dienone is 5. The number of carbonyl (C=O) groups excluding carboxylic acids is 1. The third-order valence-corrected chi connectivity index (χ3v) is 17.9. The second-order valence-corrected chi connectivity index (χ2v) is 20.9. The summed E-state index contributed by atoms with van der Waals surface area (Å²) in [5.74, 6) is 2.75. The van der Waals surface area contributed by atoms with E-state index < -0.39 is 18.1 Å². The summed E-state index contributed by atoms with van der Waals surface area (Å²) in [4.78, 5) is 13.4. The molecular weight excluding hydrogens is 698 g/mol. The molecule has 1 aromatic rings. The number of ether oxygens (including phenoxy) is 1. The minimum absolute atomic E-state index is 0.00418. The highest BCUT2D eigenvalue weighted by atomic mass is 19.1. The van der Waals surface area contributed by atoms with E-state index >= 15 is 0 Å². The Hall–Kier alpha value is -2.32. The minimum atomic E-state index is -1.09. The number of alkyl halides is 1. The predicted octanol–water partition coefficient (Wildman–Crippen LogP) is 10.2. The highest BCUT2D eigenvalue weighted by molar-refractivity contribution is 5.78. The van der Waals surface area contributed by atoms with Gasteiger partial charge in [-0.05, 0) is 152 Å². The van der Waals surface area contributed by atoms with E-state index in [4.69, 9.17) is 4.74 Å². The normalized spacial score (nSPS) is 40.1. The van der Waals surface area contributed by atoms with Crippen LogP contribution in [0.15, 0.2) is 65.8 Å². The van der Waals surface area contributed by atoms with Crippen molar-refractivity contribution in [2.45, 2.75) is 131 Å². The molecule has 7 rings (SSSR count). The average Bonchev–Trinajstić information content (AvgIpc) is 3.56. The topological polar surface area (TPSA) is 73.8 Å². The number of carbonyl (C=O) groups is 1. The quantitative estimate of drug-likeness (QED) is 0.0803. The van der Waals surface area contributed by atoms with Crippen LogP contribution in [0.1, 0.15) is 124 Å². The van der Waals surface area contributed by atoms with Crippen LogP contribution >= 0.6 is 0 Å². The summed E-state index contributed by atoms with van der Waals surface area (Å²) >= 11 is 0. The van der Waals surface area contributed by atoms with Crippen molar-refractivity contribution >= 4 is 5.97 Å². The van der Waals surface area contributed by atoms with Crippen LogP contribution in [0, 0.1) is 56.7 Å². The van der Waals surface area contributed by atoms with Gasteiger partial charge in [0.1, 0.15) is 13.3 Å². The standard InChI is InChI=1S/C49H74FN3O3/c1-34(2)37-18-25-49(52-29-28-51-30-31-53(8)55)27-26-46(6)39(42(37)49)14-15-41-45(5)21-19-38(44(3,4)40(45)20-22-47(41,46)7)36-16-23-48(33-50,24-17-36)43(54)56-32-35-12-10-9-11-13-35/h9-13,16,19,37,39-42,51-52,55H,1,14-15,17-18,20-33H2,2-8H3/t37-,39+,40-,41+,42+,45-,46+,47+,48-,49-/m0/s1. The van der Waals surface area contributed by atoms with Crippen molar-refractivity contribution in [3.63, 3.8) is 0 Å². The maximum Gasteiger partial charge on any atom is 0.315 e. The molecule has 0 aliphatic heterocycles.